The van der Waals surface area contributed by atoms with E-state index in [1.54, 1.807) is 14.1 Å². The van der Waals surface area contributed by atoms with Gasteiger partial charge in [-0.25, -0.2) is 9.59 Å². The summed E-state index contributed by atoms with van der Waals surface area (Å²) in [6.45, 7) is 1.17. The number of ether oxygens (including phenoxy) is 2. The highest BCUT2D eigenvalue weighted by Crippen LogP contribution is 2.03. The molecule has 0 aromatic heterocycles. The number of hydrogen-bond acceptors (Lipinski definition) is 6. The van der Waals surface area contributed by atoms with Gasteiger partial charge in [0.1, 0.15) is 0 Å². The third kappa shape index (κ3) is 11.0. The zero-order valence-corrected chi connectivity index (χ0v) is 15.9. The van der Waals surface area contributed by atoms with Crippen molar-refractivity contribution in [1.29, 1.82) is 0 Å². The van der Waals surface area contributed by atoms with Crippen LogP contribution in [0.15, 0.2) is 24.3 Å². The average Bonchev–Trinajstić information content (AvgIpc) is 2.65. The molecule has 0 aliphatic rings. The fourth-order valence-electron chi connectivity index (χ4n) is 1.94. The van der Waals surface area contributed by atoms with Gasteiger partial charge in [0, 0.05) is 51.5 Å². The summed E-state index contributed by atoms with van der Waals surface area (Å²) in [4.78, 5) is 48.4. The molecule has 0 bridgehead atoms. The van der Waals surface area contributed by atoms with Crippen LogP contribution < -0.4 is 0 Å². The molecular formula is C18H28N2O6. The Hall–Kier alpha value is -2.64. The molecule has 0 aliphatic heterocycles. The Kier molecular flexibility index (Phi) is 12.2. The summed E-state index contributed by atoms with van der Waals surface area (Å²) < 4.78 is 8.85. The number of hydrogen-bond donors (Lipinski definition) is 0. The molecule has 0 aliphatic carbocycles. The van der Waals surface area contributed by atoms with E-state index in [-0.39, 0.29) is 11.8 Å². The fourth-order valence-corrected chi connectivity index (χ4v) is 1.94. The largest absolute Gasteiger partial charge is 0.466 e. The first-order chi connectivity index (χ1) is 12.3. The lowest BCUT2D eigenvalue weighted by atomic mass is 10.2. The monoisotopic (exact) mass is 368 g/mol. The van der Waals surface area contributed by atoms with Crippen LogP contribution in [0.25, 0.3) is 0 Å². The van der Waals surface area contributed by atoms with E-state index in [0.29, 0.717) is 13.1 Å². The van der Waals surface area contributed by atoms with Crippen LogP contribution in [-0.4, -0.2) is 75.0 Å². The Morgan fingerprint density at radius 2 is 1.00 bits per heavy atom. The molecule has 0 N–H and O–H groups in total. The normalized spacial score (nSPS) is 10.8. The molecule has 0 heterocycles. The standard InChI is InChI=1S/C18H28N2O6/c1-19(15(21)9-11-17(23)25-3)13-7-5-6-8-14-20(2)16(22)10-12-18(24)26-4/h9-12H,5-8,13-14H2,1-4H3. The molecule has 0 saturated carbocycles. The van der Waals surface area contributed by atoms with E-state index in [0.717, 1.165) is 37.8 Å². The van der Waals surface area contributed by atoms with Gasteiger partial charge in [-0.15, -0.1) is 0 Å². The van der Waals surface area contributed by atoms with E-state index in [9.17, 15) is 19.2 Å². The molecule has 8 nitrogen and oxygen atoms in total. The van der Waals surface area contributed by atoms with Gasteiger partial charge >= 0.3 is 11.9 Å². The Balaban J connectivity index is 3.89. The molecule has 0 spiro atoms. The Labute approximate surface area is 154 Å². The Morgan fingerprint density at radius 1 is 0.654 bits per heavy atom. The van der Waals surface area contributed by atoms with Crippen LogP contribution in [0.3, 0.4) is 0 Å². The van der Waals surface area contributed by atoms with E-state index in [1.807, 2.05) is 0 Å². The van der Waals surface area contributed by atoms with Crippen LogP contribution in [0.1, 0.15) is 25.7 Å². The van der Waals surface area contributed by atoms with E-state index >= 15 is 0 Å². The highest BCUT2D eigenvalue weighted by atomic mass is 16.5. The number of nitrogens with zero attached hydrogens (tertiary/aromatic N) is 2. The van der Waals surface area contributed by atoms with Crippen molar-refractivity contribution < 1.29 is 28.7 Å². The first-order valence-electron chi connectivity index (χ1n) is 8.34. The van der Waals surface area contributed by atoms with Crippen LogP contribution in [0.4, 0.5) is 0 Å². The van der Waals surface area contributed by atoms with Crippen molar-refractivity contribution in [2.75, 3.05) is 41.4 Å². The second-order valence-electron chi connectivity index (χ2n) is 5.65. The molecule has 146 valence electrons. The van der Waals surface area contributed by atoms with Gasteiger partial charge in [-0.1, -0.05) is 12.8 Å². The van der Waals surface area contributed by atoms with Gasteiger partial charge in [0.05, 0.1) is 14.2 Å². The summed E-state index contributed by atoms with van der Waals surface area (Å²) >= 11 is 0. The maximum atomic E-state index is 11.7. The topological polar surface area (TPSA) is 93.2 Å². The fraction of sp³-hybridized carbons (Fsp3) is 0.556. The minimum Gasteiger partial charge on any atom is -0.466 e. The van der Waals surface area contributed by atoms with Crippen LogP contribution in [0, 0.1) is 0 Å². The number of methoxy groups -OCH3 is 2. The number of esters is 2. The van der Waals surface area contributed by atoms with Crippen molar-refractivity contribution in [3.8, 4) is 0 Å². The van der Waals surface area contributed by atoms with Gasteiger partial charge in [0.2, 0.25) is 11.8 Å². The maximum absolute atomic E-state index is 11.7. The zero-order chi connectivity index (χ0) is 19.9. The van der Waals surface area contributed by atoms with Crippen LogP contribution in [0.2, 0.25) is 0 Å². The lowest BCUT2D eigenvalue weighted by molar-refractivity contribution is -0.136. The van der Waals surface area contributed by atoms with Crippen LogP contribution in [0.5, 0.6) is 0 Å². The smallest absolute Gasteiger partial charge is 0.330 e. The van der Waals surface area contributed by atoms with Crippen molar-refractivity contribution >= 4 is 23.8 Å². The van der Waals surface area contributed by atoms with E-state index in [4.69, 9.17) is 0 Å². The number of carbonyl (C=O) groups is 4. The molecular weight excluding hydrogens is 340 g/mol. The minimum atomic E-state index is -0.563. The molecule has 0 atom stereocenters. The van der Waals surface area contributed by atoms with Crippen molar-refractivity contribution in [3.05, 3.63) is 24.3 Å². The molecule has 2 amide bonds. The average molecular weight is 368 g/mol. The van der Waals surface area contributed by atoms with E-state index in [2.05, 4.69) is 9.47 Å². The molecule has 0 rings (SSSR count). The molecule has 0 aromatic carbocycles. The number of rotatable bonds is 11. The number of amides is 2. The molecule has 0 saturated heterocycles. The second kappa shape index (κ2) is 13.6. The summed E-state index contributed by atoms with van der Waals surface area (Å²) in [6.07, 6.45) is 8.06. The van der Waals surface area contributed by atoms with Crippen LogP contribution >= 0.6 is 0 Å². The molecule has 26 heavy (non-hydrogen) atoms. The minimum absolute atomic E-state index is 0.252. The van der Waals surface area contributed by atoms with Crippen molar-refractivity contribution in [3.63, 3.8) is 0 Å². The summed E-state index contributed by atoms with van der Waals surface area (Å²) in [5.74, 6) is -1.63. The molecule has 0 unspecified atom stereocenters. The summed E-state index contributed by atoms with van der Waals surface area (Å²) in [5.41, 5.74) is 0. The van der Waals surface area contributed by atoms with Gasteiger partial charge in [-0.05, 0) is 12.8 Å². The lowest BCUT2D eigenvalue weighted by Gasteiger charge is -2.16. The van der Waals surface area contributed by atoms with Crippen molar-refractivity contribution in [2.45, 2.75) is 25.7 Å². The number of carbonyl (C=O) groups excluding carboxylic acids is 4. The lowest BCUT2D eigenvalue weighted by Crippen LogP contribution is -2.26. The molecule has 0 radical (unpaired) electrons. The second-order valence-corrected chi connectivity index (χ2v) is 5.65. The first-order valence-corrected chi connectivity index (χ1v) is 8.34. The van der Waals surface area contributed by atoms with Gasteiger partial charge in [-0.3, -0.25) is 9.59 Å². The van der Waals surface area contributed by atoms with Gasteiger partial charge in [0.25, 0.3) is 0 Å². The van der Waals surface area contributed by atoms with Gasteiger partial charge < -0.3 is 19.3 Å². The third-order valence-electron chi connectivity index (χ3n) is 3.62. The maximum Gasteiger partial charge on any atom is 0.330 e. The molecule has 0 aromatic rings. The number of likely N-dealkylation sites (N-methyl/N-ethyl adjacent to an activating group) is 2. The van der Waals surface area contributed by atoms with Gasteiger partial charge in [-0.2, -0.15) is 0 Å². The SMILES string of the molecule is COC(=O)C=CC(=O)N(C)CCCCCCN(C)C(=O)C=CC(=O)OC. The Morgan fingerprint density at radius 3 is 1.31 bits per heavy atom. The predicted molar refractivity (Wildman–Crippen MR) is 96.1 cm³/mol. The van der Waals surface area contributed by atoms with E-state index < -0.39 is 11.9 Å². The van der Waals surface area contributed by atoms with Crippen LogP contribution in [-0.2, 0) is 28.7 Å². The summed E-state index contributed by atoms with van der Waals surface area (Å²) in [6, 6.07) is 0. The predicted octanol–water partition coefficient (Wildman–Crippen LogP) is 0.922. The van der Waals surface area contributed by atoms with Crippen molar-refractivity contribution in [2.24, 2.45) is 0 Å². The highest BCUT2D eigenvalue weighted by molar-refractivity contribution is 5.94. The zero-order valence-electron chi connectivity index (χ0n) is 15.9. The van der Waals surface area contributed by atoms with E-state index in [1.165, 1.54) is 36.2 Å². The molecule has 8 heteroatoms. The quantitative estimate of drug-likeness (QED) is 0.306. The van der Waals surface area contributed by atoms with Crippen molar-refractivity contribution in [1.82, 2.24) is 9.80 Å². The first kappa shape index (κ1) is 23.4. The highest BCUT2D eigenvalue weighted by Gasteiger charge is 2.07. The van der Waals surface area contributed by atoms with Gasteiger partial charge in [0.15, 0.2) is 0 Å². The third-order valence-corrected chi connectivity index (χ3v) is 3.62. The molecule has 0 fully saturated rings. The summed E-state index contributed by atoms with van der Waals surface area (Å²) in [5, 5.41) is 0. The Bertz CT molecular complexity index is 494. The number of unbranched alkanes of at least 4 members (excludes halogenated alkanes) is 3. The summed E-state index contributed by atoms with van der Waals surface area (Å²) in [7, 11) is 5.84.